The zero-order valence-corrected chi connectivity index (χ0v) is 11.9. The number of aromatic carboxylic acids is 1. The molecule has 0 aliphatic heterocycles. The zero-order valence-electron chi connectivity index (χ0n) is 11.1. The number of ether oxygens (including phenoxy) is 1. The molecule has 1 aromatic rings. The second kappa shape index (κ2) is 8.03. The molecule has 118 valence electrons. The van der Waals surface area contributed by atoms with Crippen molar-refractivity contribution in [1.29, 1.82) is 0 Å². The minimum atomic E-state index is -3.91. The largest absolute Gasteiger partial charge is 0.478 e. The number of aliphatic hydroxyl groups excluding tert-OH is 1. The summed E-state index contributed by atoms with van der Waals surface area (Å²) in [5.41, 5.74) is -0.704. The van der Waals surface area contributed by atoms with Gasteiger partial charge in [-0.1, -0.05) is 0 Å². The SMILES string of the molecule is O=C(O)c1cc(S(=O)(=O)NCCCOCCO)ccc1F. The Labute approximate surface area is 121 Å². The van der Waals surface area contributed by atoms with Gasteiger partial charge in [0.25, 0.3) is 0 Å². The van der Waals surface area contributed by atoms with Crippen LogP contribution in [0, 0.1) is 5.82 Å². The minimum absolute atomic E-state index is 0.0769. The maximum Gasteiger partial charge on any atom is 0.338 e. The van der Waals surface area contributed by atoms with E-state index in [1.807, 2.05) is 0 Å². The number of benzene rings is 1. The van der Waals surface area contributed by atoms with Gasteiger partial charge in [-0.3, -0.25) is 0 Å². The van der Waals surface area contributed by atoms with Crippen molar-refractivity contribution >= 4 is 16.0 Å². The van der Waals surface area contributed by atoms with Crippen LogP contribution in [-0.2, 0) is 14.8 Å². The molecular formula is C12H16FNO6S. The van der Waals surface area contributed by atoms with Gasteiger partial charge in [0, 0.05) is 13.2 Å². The topological polar surface area (TPSA) is 113 Å². The number of carboxylic acids is 1. The van der Waals surface area contributed by atoms with Crippen molar-refractivity contribution < 1.29 is 32.6 Å². The maximum absolute atomic E-state index is 13.2. The van der Waals surface area contributed by atoms with Gasteiger partial charge in [-0.15, -0.1) is 0 Å². The van der Waals surface area contributed by atoms with Crippen LogP contribution in [0.15, 0.2) is 23.1 Å². The first kappa shape index (κ1) is 17.5. The lowest BCUT2D eigenvalue weighted by Crippen LogP contribution is -2.26. The summed E-state index contributed by atoms with van der Waals surface area (Å²) in [6, 6.07) is 2.55. The van der Waals surface area contributed by atoms with Crippen LogP contribution < -0.4 is 4.72 Å². The standard InChI is InChI=1S/C12H16FNO6S/c13-11-3-2-9(8-10(11)12(16)17)21(18,19)14-4-1-6-20-7-5-15/h2-3,8,14-15H,1,4-7H2,(H,16,17). The Balaban J connectivity index is 2.66. The quantitative estimate of drug-likeness (QED) is 0.560. The molecule has 0 heterocycles. The lowest BCUT2D eigenvalue weighted by molar-refractivity contribution is 0.0691. The lowest BCUT2D eigenvalue weighted by atomic mass is 10.2. The monoisotopic (exact) mass is 321 g/mol. The number of hydrogen-bond acceptors (Lipinski definition) is 5. The van der Waals surface area contributed by atoms with Gasteiger partial charge in [-0.05, 0) is 24.6 Å². The zero-order chi connectivity index (χ0) is 15.9. The Bertz CT molecular complexity index is 589. The molecular weight excluding hydrogens is 305 g/mol. The number of carbonyl (C=O) groups is 1. The smallest absolute Gasteiger partial charge is 0.338 e. The number of rotatable bonds is 9. The van der Waals surface area contributed by atoms with Crippen molar-refractivity contribution in [2.45, 2.75) is 11.3 Å². The highest BCUT2D eigenvalue weighted by Crippen LogP contribution is 2.15. The Morgan fingerprint density at radius 3 is 2.67 bits per heavy atom. The highest BCUT2D eigenvalue weighted by Gasteiger charge is 2.18. The van der Waals surface area contributed by atoms with Crippen molar-refractivity contribution in [2.24, 2.45) is 0 Å². The first-order valence-corrected chi connectivity index (χ1v) is 7.58. The van der Waals surface area contributed by atoms with Crippen LogP contribution in [0.3, 0.4) is 0 Å². The molecule has 7 nitrogen and oxygen atoms in total. The van der Waals surface area contributed by atoms with E-state index in [9.17, 15) is 17.6 Å². The fourth-order valence-electron chi connectivity index (χ4n) is 1.47. The molecule has 0 saturated carbocycles. The average molecular weight is 321 g/mol. The number of hydrogen-bond donors (Lipinski definition) is 3. The third-order valence-corrected chi connectivity index (χ3v) is 3.93. The summed E-state index contributed by atoms with van der Waals surface area (Å²) in [4.78, 5) is 10.4. The molecule has 1 aromatic carbocycles. The fraction of sp³-hybridized carbons (Fsp3) is 0.417. The van der Waals surface area contributed by atoms with Gasteiger partial charge in [-0.25, -0.2) is 22.3 Å². The Morgan fingerprint density at radius 1 is 1.33 bits per heavy atom. The molecule has 0 aliphatic rings. The van der Waals surface area contributed by atoms with E-state index in [0.29, 0.717) is 6.42 Å². The van der Waals surface area contributed by atoms with E-state index in [4.69, 9.17) is 14.9 Å². The van der Waals surface area contributed by atoms with Crippen LogP contribution in [0.1, 0.15) is 16.8 Å². The average Bonchev–Trinajstić information content (AvgIpc) is 2.42. The summed E-state index contributed by atoms with van der Waals surface area (Å²) < 4.78 is 44.2. The van der Waals surface area contributed by atoms with E-state index in [2.05, 4.69) is 4.72 Å². The molecule has 0 bridgehead atoms. The third-order valence-electron chi connectivity index (χ3n) is 2.47. The van der Waals surface area contributed by atoms with Crippen molar-refractivity contribution in [1.82, 2.24) is 4.72 Å². The predicted molar refractivity (Wildman–Crippen MR) is 71.1 cm³/mol. The number of halogens is 1. The summed E-state index contributed by atoms with van der Waals surface area (Å²) in [7, 11) is -3.91. The molecule has 0 atom stereocenters. The Hall–Kier alpha value is -1.55. The Kier molecular flexibility index (Phi) is 6.69. The van der Waals surface area contributed by atoms with Gasteiger partial charge in [0.15, 0.2) is 0 Å². The van der Waals surface area contributed by atoms with Crippen molar-refractivity contribution in [3.63, 3.8) is 0 Å². The summed E-state index contributed by atoms with van der Waals surface area (Å²) in [6.07, 6.45) is 0.381. The summed E-state index contributed by atoms with van der Waals surface area (Å²) in [5.74, 6) is -2.54. The lowest BCUT2D eigenvalue weighted by Gasteiger charge is -2.08. The van der Waals surface area contributed by atoms with Gasteiger partial charge in [0.1, 0.15) is 5.82 Å². The van der Waals surface area contributed by atoms with Crippen LogP contribution in [0.4, 0.5) is 4.39 Å². The highest BCUT2D eigenvalue weighted by molar-refractivity contribution is 7.89. The molecule has 0 aliphatic carbocycles. The van der Waals surface area contributed by atoms with E-state index >= 15 is 0 Å². The molecule has 0 spiro atoms. The van der Waals surface area contributed by atoms with Gasteiger partial charge >= 0.3 is 5.97 Å². The second-order valence-corrected chi connectivity index (χ2v) is 5.80. The predicted octanol–water partition coefficient (Wildman–Crippen LogP) is 0.201. The van der Waals surface area contributed by atoms with E-state index in [1.165, 1.54) is 0 Å². The molecule has 3 N–H and O–H groups in total. The molecule has 21 heavy (non-hydrogen) atoms. The van der Waals surface area contributed by atoms with E-state index in [1.54, 1.807) is 0 Å². The van der Waals surface area contributed by atoms with Crippen LogP contribution in [0.2, 0.25) is 0 Å². The van der Waals surface area contributed by atoms with Crippen molar-refractivity contribution in [2.75, 3.05) is 26.4 Å². The van der Waals surface area contributed by atoms with Crippen LogP contribution >= 0.6 is 0 Å². The summed E-state index contributed by atoms with van der Waals surface area (Å²) in [6.45, 7) is 0.409. The third kappa shape index (κ3) is 5.38. The minimum Gasteiger partial charge on any atom is -0.478 e. The van der Waals surface area contributed by atoms with Crippen molar-refractivity contribution in [3.05, 3.63) is 29.6 Å². The Morgan fingerprint density at radius 2 is 2.05 bits per heavy atom. The molecule has 9 heteroatoms. The molecule has 0 radical (unpaired) electrons. The molecule has 0 amide bonds. The summed E-state index contributed by atoms with van der Waals surface area (Å²) in [5, 5.41) is 17.2. The second-order valence-electron chi connectivity index (χ2n) is 4.03. The van der Waals surface area contributed by atoms with E-state index < -0.39 is 27.4 Å². The highest BCUT2D eigenvalue weighted by atomic mass is 32.2. The fourth-order valence-corrected chi connectivity index (χ4v) is 2.57. The van der Waals surface area contributed by atoms with Crippen LogP contribution in [0.25, 0.3) is 0 Å². The van der Waals surface area contributed by atoms with Gasteiger partial charge in [0.05, 0.1) is 23.7 Å². The normalized spacial score (nSPS) is 11.5. The van der Waals surface area contributed by atoms with E-state index in [0.717, 1.165) is 18.2 Å². The molecule has 0 saturated heterocycles. The van der Waals surface area contributed by atoms with E-state index in [-0.39, 0.29) is 31.3 Å². The van der Waals surface area contributed by atoms with Gasteiger partial charge in [-0.2, -0.15) is 0 Å². The number of nitrogens with one attached hydrogen (secondary N) is 1. The van der Waals surface area contributed by atoms with Gasteiger partial charge < -0.3 is 14.9 Å². The molecule has 0 unspecified atom stereocenters. The first-order valence-electron chi connectivity index (χ1n) is 6.09. The van der Waals surface area contributed by atoms with Crippen molar-refractivity contribution in [3.8, 4) is 0 Å². The number of carboxylic acid groups (broad SMARTS) is 1. The first-order chi connectivity index (χ1) is 9.88. The number of sulfonamides is 1. The van der Waals surface area contributed by atoms with Gasteiger partial charge in [0.2, 0.25) is 10.0 Å². The summed E-state index contributed by atoms with van der Waals surface area (Å²) >= 11 is 0. The molecule has 1 rings (SSSR count). The van der Waals surface area contributed by atoms with Crippen LogP contribution in [0.5, 0.6) is 0 Å². The number of aliphatic hydroxyl groups is 1. The molecule has 0 fully saturated rings. The molecule has 0 aromatic heterocycles. The van der Waals surface area contributed by atoms with Crippen LogP contribution in [-0.4, -0.2) is 51.0 Å². The maximum atomic E-state index is 13.2.